The van der Waals surface area contributed by atoms with Gasteiger partial charge in [-0.1, -0.05) is 11.1 Å². The molecule has 0 heterocycles. The molecule has 0 unspecified atom stereocenters. The molecule has 4 aliphatic carbocycles. The van der Waals surface area contributed by atoms with Gasteiger partial charge in [-0.2, -0.15) is 12.2 Å². The summed E-state index contributed by atoms with van der Waals surface area (Å²) in [6, 6.07) is 0. The largest absolute Gasteiger partial charge is 2.00 e. The van der Waals surface area contributed by atoms with Crippen molar-refractivity contribution in [3.05, 3.63) is 138 Å². The van der Waals surface area contributed by atoms with E-state index in [9.17, 15) is 0 Å². The van der Waals surface area contributed by atoms with E-state index in [1.54, 1.807) is 22.3 Å². The van der Waals surface area contributed by atoms with E-state index in [2.05, 4.69) is 65.8 Å². The van der Waals surface area contributed by atoms with Crippen LogP contribution in [0.1, 0.15) is 67.2 Å². The minimum atomic E-state index is -0.826. The molecule has 0 spiro atoms. The van der Waals surface area contributed by atoms with E-state index in [1.165, 1.54) is 35.1 Å². The molecule has 0 aliphatic heterocycles. The van der Waals surface area contributed by atoms with Gasteiger partial charge in [0.1, 0.15) is 0 Å². The summed E-state index contributed by atoms with van der Waals surface area (Å²) in [6.07, 6.45) is 22.3. The monoisotopic (exact) mass is 754 g/mol. The Balaban J connectivity index is -0.0000000469. The molecule has 0 fully saturated rings. The van der Waals surface area contributed by atoms with Gasteiger partial charge < -0.3 is 69.4 Å². The van der Waals surface area contributed by atoms with Crippen molar-refractivity contribution in [3.63, 3.8) is 0 Å². The molecule has 4 rings (SSSR count). The molecule has 0 bridgehead atoms. The van der Waals surface area contributed by atoms with E-state index in [0.717, 1.165) is 12.8 Å². The normalized spacial score (nSPS) is 14.3. The van der Waals surface area contributed by atoms with Crippen molar-refractivity contribution in [2.75, 3.05) is 0 Å². The first-order valence-electron chi connectivity index (χ1n) is 9.98. The summed E-state index contributed by atoms with van der Waals surface area (Å²) in [5.41, 5.74) is 12.4. The first-order valence-corrected chi connectivity index (χ1v) is 16.3. The molecule has 0 aromatic heterocycles. The quantitative estimate of drug-likeness (QED) is 0.297. The first kappa shape index (κ1) is 62.5. The summed E-state index contributed by atoms with van der Waals surface area (Å²) >= 11 is -0.826. The van der Waals surface area contributed by atoms with Crippen LogP contribution in [0.3, 0.4) is 0 Å². The molecule has 0 N–H and O–H groups in total. The summed E-state index contributed by atoms with van der Waals surface area (Å²) in [5.74, 6) is 0. The van der Waals surface area contributed by atoms with Gasteiger partial charge in [0, 0.05) is 0 Å². The summed E-state index contributed by atoms with van der Waals surface area (Å²) in [6.45, 7) is 13.6. The van der Waals surface area contributed by atoms with Crippen molar-refractivity contribution >= 4 is 17.0 Å². The second kappa shape index (κ2) is 35.9. The first-order chi connectivity index (χ1) is 13.8. The predicted octanol–water partition coefficient (Wildman–Crippen LogP) is 5.79. The van der Waals surface area contributed by atoms with Gasteiger partial charge in [0.25, 0.3) is 0 Å². The fraction of sp³-hybridized carbons (Fsp3) is 0.312. The van der Waals surface area contributed by atoms with E-state index < -0.39 is 20.8 Å². The molecule has 0 radical (unpaired) electrons. The SMILES string of the molecule is CC1=C(C)C(C)=C(C2=C(C)C(C)=C(C)C2)C1.[C-]1=CC=CC1.[C-]1=CC=CC1.[CH3-].[CH3-].[CH3-].[CH3-].[CH3-].[CH3-].[Cl-].[Cl-].[Cl][Zr][Cl].[Zr+2]. The molecule has 222 valence electrons. The predicted molar refractivity (Wildman–Crippen MR) is 165 cm³/mol. The molecule has 0 nitrogen and oxygen atoms in total. The summed E-state index contributed by atoms with van der Waals surface area (Å²) in [7, 11) is 9.87. The van der Waals surface area contributed by atoms with Crippen molar-refractivity contribution in [2.24, 2.45) is 0 Å². The maximum absolute atomic E-state index is 4.93. The Morgan fingerprint density at radius 1 is 0.579 bits per heavy atom. The number of rotatable bonds is 1. The molecule has 4 aliphatic rings. The van der Waals surface area contributed by atoms with Crippen LogP contribution in [-0.4, -0.2) is 0 Å². The standard InChI is InChI=1S/C16H22.2C5H5.6CH3.4ClH.2Zr/c1-9-7-15(13(5)11(9)3)16-8-10(2)12(4)14(16)6;2*1-2-4-5-3-1;;;;;;;;;;;;/h7-8H2,1-6H3;2*1-3H,4H2;6*1H3;4*1H;;/q;8*-1;;;;;2*+2/p-4. The van der Waals surface area contributed by atoms with Crippen LogP contribution in [-0.2, 0) is 47.1 Å². The van der Waals surface area contributed by atoms with Crippen LogP contribution in [0.15, 0.2) is 81.0 Å². The second-order valence-corrected chi connectivity index (χ2v) is 11.2. The number of allylic oxidation sites excluding steroid dienone is 16. The van der Waals surface area contributed by atoms with Gasteiger partial charge in [0.15, 0.2) is 0 Å². The van der Waals surface area contributed by atoms with Crippen LogP contribution in [0.4, 0.5) is 0 Å². The number of hydrogen-bond acceptors (Lipinski definition) is 0. The molecule has 0 atom stereocenters. The van der Waals surface area contributed by atoms with Gasteiger partial charge in [-0.3, -0.25) is 12.2 Å². The van der Waals surface area contributed by atoms with Crippen molar-refractivity contribution < 1.29 is 71.9 Å². The van der Waals surface area contributed by atoms with E-state index in [1.807, 2.05) is 24.3 Å². The minimum Gasteiger partial charge on any atom is 2.00 e. The van der Waals surface area contributed by atoms with Crippen LogP contribution in [0.5, 0.6) is 0 Å². The van der Waals surface area contributed by atoms with E-state index in [0.29, 0.717) is 0 Å². The third-order valence-corrected chi connectivity index (χ3v) is 5.73. The fourth-order valence-corrected chi connectivity index (χ4v) is 3.50. The van der Waals surface area contributed by atoms with E-state index in [-0.39, 0.29) is 95.6 Å². The van der Waals surface area contributed by atoms with Crippen molar-refractivity contribution in [1.29, 1.82) is 0 Å². The van der Waals surface area contributed by atoms with Gasteiger partial charge in [-0.05, 0) is 87.8 Å². The zero-order valence-electron chi connectivity index (χ0n) is 25.8. The van der Waals surface area contributed by atoms with Crippen molar-refractivity contribution in [1.82, 2.24) is 0 Å². The molecule has 0 saturated heterocycles. The Morgan fingerprint density at radius 3 is 0.947 bits per heavy atom. The molecular weight excluding hydrogens is 709 g/mol. The zero-order chi connectivity index (χ0) is 21.8. The molecule has 0 amide bonds. The van der Waals surface area contributed by atoms with Gasteiger partial charge in [0.2, 0.25) is 0 Å². The molecule has 0 aromatic rings. The van der Waals surface area contributed by atoms with Gasteiger partial charge in [-0.25, -0.2) is 24.3 Å². The van der Waals surface area contributed by atoms with Crippen LogP contribution in [0.2, 0.25) is 0 Å². The van der Waals surface area contributed by atoms with Crippen molar-refractivity contribution in [2.45, 2.75) is 67.2 Å². The molecule has 38 heavy (non-hydrogen) atoms. The van der Waals surface area contributed by atoms with Crippen molar-refractivity contribution in [3.8, 4) is 0 Å². The maximum atomic E-state index is 4.93. The Labute approximate surface area is 291 Å². The van der Waals surface area contributed by atoms with E-state index in [4.69, 9.17) is 17.0 Å². The van der Waals surface area contributed by atoms with Gasteiger partial charge in [-0.15, -0.1) is 12.8 Å². The number of halogens is 4. The Hall–Kier alpha value is 0.846. The Bertz CT molecular complexity index is 736. The molecule has 0 aromatic carbocycles. The third-order valence-electron chi connectivity index (χ3n) is 5.73. The maximum Gasteiger partial charge on any atom is 2.00 e. The molecule has 0 saturated carbocycles. The van der Waals surface area contributed by atoms with E-state index >= 15 is 0 Å². The zero-order valence-corrected chi connectivity index (χ0v) is 33.7. The second-order valence-electron chi connectivity index (χ2n) is 7.45. The summed E-state index contributed by atoms with van der Waals surface area (Å²) in [4.78, 5) is 0. The van der Waals surface area contributed by atoms with Crippen LogP contribution in [0, 0.1) is 56.7 Å². The molecule has 6 heteroatoms. The fourth-order valence-electron chi connectivity index (χ4n) is 3.50. The topological polar surface area (TPSA) is 0 Å². The smallest absolute Gasteiger partial charge is 2.00 e. The van der Waals surface area contributed by atoms with Crippen LogP contribution >= 0.6 is 17.0 Å². The Kier molecular flexibility index (Phi) is 59.0. The summed E-state index contributed by atoms with van der Waals surface area (Å²) < 4.78 is 0. The molecular formula is C32H50Cl4Zr2-8. The van der Waals surface area contributed by atoms with Gasteiger partial charge in [0.05, 0.1) is 0 Å². The van der Waals surface area contributed by atoms with Crippen LogP contribution < -0.4 is 24.8 Å². The minimum absolute atomic E-state index is 0. The average molecular weight is 759 g/mol. The third kappa shape index (κ3) is 21.6. The van der Waals surface area contributed by atoms with Gasteiger partial charge >= 0.3 is 64.1 Å². The average Bonchev–Trinajstić information content (AvgIpc) is 3.50. The van der Waals surface area contributed by atoms with Crippen LogP contribution in [0.25, 0.3) is 0 Å². The Morgan fingerprint density at radius 2 is 0.842 bits per heavy atom. The number of hydrogen-bond donors (Lipinski definition) is 0. The summed E-state index contributed by atoms with van der Waals surface area (Å²) in [5, 5.41) is 0.